The van der Waals surface area contributed by atoms with Gasteiger partial charge in [-0.3, -0.25) is 4.90 Å². The molecule has 2 aromatic rings. The van der Waals surface area contributed by atoms with Crippen molar-refractivity contribution in [2.75, 3.05) is 13.6 Å². The molecule has 1 aromatic heterocycles. The van der Waals surface area contributed by atoms with E-state index in [1.807, 2.05) is 11.3 Å². The third-order valence-corrected chi connectivity index (χ3v) is 5.11. The third-order valence-electron chi connectivity index (χ3n) is 3.90. The van der Waals surface area contributed by atoms with Gasteiger partial charge in [0, 0.05) is 28.7 Å². The highest BCUT2D eigenvalue weighted by molar-refractivity contribution is 7.19. The Morgan fingerprint density at radius 3 is 2.84 bits per heavy atom. The number of thiophene rings is 1. The zero-order valence-electron chi connectivity index (χ0n) is 11.8. The van der Waals surface area contributed by atoms with E-state index in [-0.39, 0.29) is 0 Å². The first-order chi connectivity index (χ1) is 9.29. The van der Waals surface area contributed by atoms with Crippen molar-refractivity contribution in [3.8, 4) is 0 Å². The van der Waals surface area contributed by atoms with Gasteiger partial charge in [0.1, 0.15) is 0 Å². The number of hydrogen-bond donors (Lipinski definition) is 1. The van der Waals surface area contributed by atoms with E-state index in [2.05, 4.69) is 48.5 Å². The monoisotopic (exact) mass is 274 g/mol. The molecular formula is C16H22N2S. The van der Waals surface area contributed by atoms with Crippen molar-refractivity contribution in [2.24, 2.45) is 0 Å². The summed E-state index contributed by atoms with van der Waals surface area (Å²) in [5, 5.41) is 4.93. The van der Waals surface area contributed by atoms with E-state index < -0.39 is 0 Å². The molecule has 0 spiro atoms. The number of rotatable bonds is 6. The van der Waals surface area contributed by atoms with Crippen LogP contribution in [0.25, 0.3) is 10.1 Å². The predicted octanol–water partition coefficient (Wildman–Crippen LogP) is 3.61. The van der Waals surface area contributed by atoms with Gasteiger partial charge in [-0.25, -0.2) is 0 Å². The summed E-state index contributed by atoms with van der Waals surface area (Å²) in [4.78, 5) is 4.03. The maximum absolute atomic E-state index is 3.48. The molecule has 2 nitrogen and oxygen atoms in total. The van der Waals surface area contributed by atoms with Gasteiger partial charge in [0.25, 0.3) is 0 Å². The molecule has 1 aliphatic rings. The molecule has 3 heteroatoms. The van der Waals surface area contributed by atoms with Crippen LogP contribution < -0.4 is 5.32 Å². The molecule has 1 aromatic carbocycles. The van der Waals surface area contributed by atoms with Gasteiger partial charge in [-0.15, -0.1) is 11.3 Å². The summed E-state index contributed by atoms with van der Waals surface area (Å²) in [6.45, 7) is 5.30. The van der Waals surface area contributed by atoms with Crippen LogP contribution >= 0.6 is 11.3 Å². The lowest BCUT2D eigenvalue weighted by Crippen LogP contribution is -2.21. The summed E-state index contributed by atoms with van der Waals surface area (Å²) < 4.78 is 1.43. The van der Waals surface area contributed by atoms with Crippen LogP contribution in [0, 0.1) is 0 Å². The first-order valence-electron chi connectivity index (χ1n) is 7.20. The molecular weight excluding hydrogens is 252 g/mol. The van der Waals surface area contributed by atoms with Gasteiger partial charge >= 0.3 is 0 Å². The number of fused-ring (bicyclic) bond motifs is 1. The van der Waals surface area contributed by atoms with Crippen molar-refractivity contribution in [3.05, 3.63) is 34.7 Å². The predicted molar refractivity (Wildman–Crippen MR) is 83.7 cm³/mol. The normalized spacial score (nSPS) is 15.5. The summed E-state index contributed by atoms with van der Waals surface area (Å²) in [6.07, 6.45) is 2.75. The van der Waals surface area contributed by atoms with Crippen LogP contribution in [0.1, 0.15) is 30.2 Å². The summed E-state index contributed by atoms with van der Waals surface area (Å²) in [5.74, 6) is 0. The van der Waals surface area contributed by atoms with Crippen molar-refractivity contribution < 1.29 is 0 Å². The van der Waals surface area contributed by atoms with E-state index in [4.69, 9.17) is 0 Å². The molecule has 0 aliphatic heterocycles. The molecule has 102 valence electrons. The van der Waals surface area contributed by atoms with Crippen LogP contribution in [0.3, 0.4) is 0 Å². The standard InChI is InChI=1S/C16H22N2S/c1-3-17-10-16-14(11-18(2)12-8-9-12)13-6-4-5-7-15(13)19-16/h4-7,12,17H,3,8-11H2,1-2H3. The second-order valence-electron chi connectivity index (χ2n) is 5.43. The number of hydrogen-bond acceptors (Lipinski definition) is 3. The molecule has 1 fully saturated rings. The molecule has 0 radical (unpaired) electrons. The minimum atomic E-state index is 0.825. The molecule has 0 atom stereocenters. The smallest absolute Gasteiger partial charge is 0.0349 e. The first kappa shape index (κ1) is 13.1. The van der Waals surface area contributed by atoms with Crippen LogP contribution in [0.4, 0.5) is 0 Å². The highest BCUT2D eigenvalue weighted by Gasteiger charge is 2.27. The molecule has 1 saturated carbocycles. The lowest BCUT2D eigenvalue weighted by molar-refractivity contribution is 0.317. The van der Waals surface area contributed by atoms with Crippen LogP contribution in [-0.2, 0) is 13.1 Å². The summed E-state index contributed by atoms with van der Waals surface area (Å²) in [7, 11) is 2.27. The Labute approximate surface area is 119 Å². The average molecular weight is 274 g/mol. The van der Waals surface area contributed by atoms with Gasteiger partial charge in [0.2, 0.25) is 0 Å². The second kappa shape index (κ2) is 5.61. The van der Waals surface area contributed by atoms with Gasteiger partial charge in [0.05, 0.1) is 0 Å². The Morgan fingerprint density at radius 1 is 1.32 bits per heavy atom. The minimum absolute atomic E-state index is 0.825. The van der Waals surface area contributed by atoms with Crippen molar-refractivity contribution in [2.45, 2.75) is 38.9 Å². The summed E-state index contributed by atoms with van der Waals surface area (Å²) in [6, 6.07) is 9.65. The van der Waals surface area contributed by atoms with Crippen LogP contribution in [0.15, 0.2) is 24.3 Å². The van der Waals surface area contributed by atoms with Crippen LogP contribution in [0.5, 0.6) is 0 Å². The molecule has 1 N–H and O–H groups in total. The number of nitrogens with zero attached hydrogens (tertiary/aromatic N) is 1. The van der Waals surface area contributed by atoms with Gasteiger partial charge in [-0.1, -0.05) is 25.1 Å². The first-order valence-corrected chi connectivity index (χ1v) is 8.01. The highest BCUT2D eigenvalue weighted by atomic mass is 32.1. The van der Waals surface area contributed by atoms with Crippen LogP contribution in [-0.4, -0.2) is 24.5 Å². The fourth-order valence-electron chi connectivity index (χ4n) is 2.60. The van der Waals surface area contributed by atoms with Crippen molar-refractivity contribution >= 4 is 21.4 Å². The molecule has 0 saturated heterocycles. The Hall–Kier alpha value is -0.900. The van der Waals surface area contributed by atoms with E-state index in [0.29, 0.717) is 0 Å². The Bertz CT molecular complexity index is 557. The fourth-order valence-corrected chi connectivity index (χ4v) is 3.78. The molecule has 0 unspecified atom stereocenters. The van der Waals surface area contributed by atoms with Crippen molar-refractivity contribution in [1.29, 1.82) is 0 Å². The van der Waals surface area contributed by atoms with E-state index >= 15 is 0 Å². The number of nitrogens with one attached hydrogen (secondary N) is 1. The molecule has 1 aliphatic carbocycles. The van der Waals surface area contributed by atoms with Crippen molar-refractivity contribution in [1.82, 2.24) is 10.2 Å². The zero-order chi connectivity index (χ0) is 13.2. The molecule has 1 heterocycles. The van der Waals surface area contributed by atoms with Crippen molar-refractivity contribution in [3.63, 3.8) is 0 Å². The molecule has 0 bridgehead atoms. The SMILES string of the molecule is CCNCc1sc2ccccc2c1CN(C)C1CC1. The number of benzene rings is 1. The van der Waals surface area contributed by atoms with Gasteiger partial charge in [0.15, 0.2) is 0 Å². The van der Waals surface area contributed by atoms with Crippen LogP contribution in [0.2, 0.25) is 0 Å². The zero-order valence-corrected chi connectivity index (χ0v) is 12.6. The average Bonchev–Trinajstić information content (AvgIpc) is 3.22. The maximum atomic E-state index is 3.48. The summed E-state index contributed by atoms with van der Waals surface area (Å²) in [5.41, 5.74) is 1.54. The Balaban J connectivity index is 1.92. The Kier molecular flexibility index (Phi) is 3.87. The quantitative estimate of drug-likeness (QED) is 0.866. The second-order valence-corrected chi connectivity index (χ2v) is 6.56. The van der Waals surface area contributed by atoms with Gasteiger partial charge in [-0.2, -0.15) is 0 Å². The largest absolute Gasteiger partial charge is 0.312 e. The Morgan fingerprint density at radius 2 is 2.11 bits per heavy atom. The topological polar surface area (TPSA) is 15.3 Å². The van der Waals surface area contributed by atoms with E-state index in [0.717, 1.165) is 25.7 Å². The fraction of sp³-hybridized carbons (Fsp3) is 0.500. The molecule has 0 amide bonds. The lowest BCUT2D eigenvalue weighted by Gasteiger charge is -2.16. The molecule has 19 heavy (non-hydrogen) atoms. The minimum Gasteiger partial charge on any atom is -0.312 e. The third kappa shape index (κ3) is 2.83. The van der Waals surface area contributed by atoms with E-state index in [1.54, 1.807) is 0 Å². The van der Waals surface area contributed by atoms with E-state index in [9.17, 15) is 0 Å². The highest BCUT2D eigenvalue weighted by Crippen LogP contribution is 2.34. The van der Waals surface area contributed by atoms with Gasteiger partial charge < -0.3 is 5.32 Å². The molecule has 3 rings (SSSR count). The van der Waals surface area contributed by atoms with E-state index in [1.165, 1.54) is 33.4 Å². The maximum Gasteiger partial charge on any atom is 0.0349 e. The van der Waals surface area contributed by atoms with Gasteiger partial charge in [-0.05, 0) is 43.5 Å². The lowest BCUT2D eigenvalue weighted by atomic mass is 10.1. The summed E-state index contributed by atoms with van der Waals surface area (Å²) >= 11 is 1.95.